The highest BCUT2D eigenvalue weighted by Gasteiger charge is 2.13. The number of allylic oxidation sites excluding steroid dienone is 1. The van der Waals surface area contributed by atoms with Crippen molar-refractivity contribution in [2.45, 2.75) is 12.3 Å². The summed E-state index contributed by atoms with van der Waals surface area (Å²) in [5, 5.41) is 1.19. The van der Waals surface area contributed by atoms with Gasteiger partial charge in [-0.1, -0.05) is 65.7 Å². The highest BCUT2D eigenvalue weighted by Crippen LogP contribution is 2.32. The first-order valence-electron chi connectivity index (χ1n) is 5.83. The van der Waals surface area contributed by atoms with E-state index < -0.39 is 0 Å². The lowest BCUT2D eigenvalue weighted by Crippen LogP contribution is -1.99. The molecular formula is C16H14Cl2. The predicted molar refractivity (Wildman–Crippen MR) is 79.6 cm³/mol. The van der Waals surface area contributed by atoms with Crippen LogP contribution in [0.1, 0.15) is 23.5 Å². The molecule has 0 spiro atoms. The van der Waals surface area contributed by atoms with Gasteiger partial charge in [0.1, 0.15) is 0 Å². The van der Waals surface area contributed by atoms with Crippen molar-refractivity contribution in [1.29, 1.82) is 0 Å². The third kappa shape index (κ3) is 2.95. The summed E-state index contributed by atoms with van der Waals surface area (Å²) < 4.78 is 0. The van der Waals surface area contributed by atoms with E-state index in [1.54, 1.807) is 0 Å². The van der Waals surface area contributed by atoms with Crippen molar-refractivity contribution >= 4 is 23.2 Å². The highest BCUT2D eigenvalue weighted by atomic mass is 35.5. The van der Waals surface area contributed by atoms with E-state index in [-0.39, 0.29) is 5.92 Å². The maximum atomic E-state index is 6.09. The minimum Gasteiger partial charge on any atom is -0.103 e. The van der Waals surface area contributed by atoms with Gasteiger partial charge in [-0.25, -0.2) is 0 Å². The maximum absolute atomic E-state index is 6.09. The van der Waals surface area contributed by atoms with Crippen molar-refractivity contribution in [3.05, 3.63) is 82.4 Å². The SMILES string of the molecule is C=CC[C@H](c1ccccc1)c1ccc(Cl)c(Cl)c1. The summed E-state index contributed by atoms with van der Waals surface area (Å²) in [7, 11) is 0. The molecule has 0 radical (unpaired) electrons. The highest BCUT2D eigenvalue weighted by molar-refractivity contribution is 6.42. The van der Waals surface area contributed by atoms with E-state index in [4.69, 9.17) is 23.2 Å². The molecule has 1 atom stereocenters. The molecule has 2 rings (SSSR count). The van der Waals surface area contributed by atoms with Crippen LogP contribution < -0.4 is 0 Å². The molecule has 0 fully saturated rings. The summed E-state index contributed by atoms with van der Waals surface area (Å²) >= 11 is 12.0. The molecule has 2 aromatic rings. The summed E-state index contributed by atoms with van der Waals surface area (Å²) in [4.78, 5) is 0. The van der Waals surface area contributed by atoms with Crippen LogP contribution in [0.4, 0.5) is 0 Å². The topological polar surface area (TPSA) is 0 Å². The molecule has 2 heteroatoms. The fraction of sp³-hybridized carbons (Fsp3) is 0.125. The average Bonchev–Trinajstić information content (AvgIpc) is 2.40. The molecule has 0 nitrogen and oxygen atoms in total. The molecule has 0 saturated carbocycles. The van der Waals surface area contributed by atoms with Crippen molar-refractivity contribution < 1.29 is 0 Å². The van der Waals surface area contributed by atoms with Crippen molar-refractivity contribution in [1.82, 2.24) is 0 Å². The van der Waals surface area contributed by atoms with Crippen LogP contribution in [0.25, 0.3) is 0 Å². The second-order valence-corrected chi connectivity index (χ2v) is 4.98. The third-order valence-electron chi connectivity index (χ3n) is 2.95. The van der Waals surface area contributed by atoms with Crippen molar-refractivity contribution in [3.8, 4) is 0 Å². The van der Waals surface area contributed by atoms with Gasteiger partial charge in [-0.15, -0.1) is 6.58 Å². The van der Waals surface area contributed by atoms with Crippen LogP contribution in [0.15, 0.2) is 61.2 Å². The lowest BCUT2D eigenvalue weighted by Gasteiger charge is -2.16. The Bertz CT molecular complexity index is 532. The summed E-state index contributed by atoms with van der Waals surface area (Å²) in [6.45, 7) is 3.83. The van der Waals surface area contributed by atoms with Crippen molar-refractivity contribution in [3.63, 3.8) is 0 Å². The molecule has 0 aliphatic carbocycles. The van der Waals surface area contributed by atoms with Crippen LogP contribution in [-0.2, 0) is 0 Å². The Hall–Kier alpha value is -1.24. The van der Waals surface area contributed by atoms with Crippen LogP contribution in [0, 0.1) is 0 Å². The quantitative estimate of drug-likeness (QED) is 0.629. The zero-order valence-corrected chi connectivity index (χ0v) is 11.5. The Morgan fingerprint density at radius 1 is 0.944 bits per heavy atom. The predicted octanol–water partition coefficient (Wildman–Crippen LogP) is 5.70. The molecular weight excluding hydrogens is 263 g/mol. The van der Waals surface area contributed by atoms with Crippen LogP contribution in [0.5, 0.6) is 0 Å². The lowest BCUT2D eigenvalue weighted by atomic mass is 9.89. The van der Waals surface area contributed by atoms with Gasteiger partial charge in [0.15, 0.2) is 0 Å². The van der Waals surface area contributed by atoms with Gasteiger partial charge in [-0.2, -0.15) is 0 Å². The molecule has 0 amide bonds. The smallest absolute Gasteiger partial charge is 0.0595 e. The van der Waals surface area contributed by atoms with Gasteiger partial charge in [0.2, 0.25) is 0 Å². The van der Waals surface area contributed by atoms with Gasteiger partial charge >= 0.3 is 0 Å². The largest absolute Gasteiger partial charge is 0.103 e. The first kappa shape index (κ1) is 13.2. The standard InChI is InChI=1S/C16H14Cl2/c1-2-6-14(12-7-4-3-5-8-12)13-9-10-15(17)16(18)11-13/h2-5,7-11,14H,1,6H2/t14-/m1/s1. The number of hydrogen-bond acceptors (Lipinski definition) is 0. The van der Waals surface area contributed by atoms with E-state index in [0.717, 1.165) is 12.0 Å². The van der Waals surface area contributed by atoms with Gasteiger partial charge < -0.3 is 0 Å². The number of rotatable bonds is 4. The minimum atomic E-state index is 0.276. The van der Waals surface area contributed by atoms with E-state index in [9.17, 15) is 0 Å². The van der Waals surface area contributed by atoms with Crippen LogP contribution in [-0.4, -0.2) is 0 Å². The van der Waals surface area contributed by atoms with Gasteiger partial charge in [0.25, 0.3) is 0 Å². The van der Waals surface area contributed by atoms with Gasteiger partial charge in [0.05, 0.1) is 10.0 Å². The molecule has 0 heterocycles. The molecule has 2 aromatic carbocycles. The molecule has 0 N–H and O–H groups in total. The van der Waals surface area contributed by atoms with E-state index >= 15 is 0 Å². The molecule has 0 unspecified atom stereocenters. The molecule has 0 aliphatic rings. The van der Waals surface area contributed by atoms with Gasteiger partial charge in [-0.3, -0.25) is 0 Å². The molecule has 92 valence electrons. The zero-order chi connectivity index (χ0) is 13.0. The summed E-state index contributed by atoms with van der Waals surface area (Å²) in [6.07, 6.45) is 2.81. The van der Waals surface area contributed by atoms with E-state index in [1.165, 1.54) is 5.56 Å². The Morgan fingerprint density at radius 2 is 1.67 bits per heavy atom. The number of hydrogen-bond donors (Lipinski definition) is 0. The molecule has 0 aliphatic heterocycles. The Kier molecular flexibility index (Phi) is 4.46. The maximum Gasteiger partial charge on any atom is 0.0595 e. The first-order valence-corrected chi connectivity index (χ1v) is 6.58. The molecule has 0 aromatic heterocycles. The fourth-order valence-electron chi connectivity index (χ4n) is 2.05. The monoisotopic (exact) mass is 276 g/mol. The average molecular weight is 277 g/mol. The van der Waals surface area contributed by atoms with Crippen LogP contribution in [0.2, 0.25) is 10.0 Å². The Labute approximate surface area is 118 Å². The number of halogens is 2. The minimum absolute atomic E-state index is 0.276. The second-order valence-electron chi connectivity index (χ2n) is 4.16. The van der Waals surface area contributed by atoms with E-state index in [0.29, 0.717) is 10.0 Å². The van der Waals surface area contributed by atoms with Gasteiger partial charge in [0, 0.05) is 5.92 Å². The Balaban J connectivity index is 2.41. The van der Waals surface area contributed by atoms with Gasteiger partial charge in [-0.05, 0) is 29.7 Å². The van der Waals surface area contributed by atoms with E-state index in [2.05, 4.69) is 18.7 Å². The summed E-state index contributed by atoms with van der Waals surface area (Å²) in [6, 6.07) is 16.2. The summed E-state index contributed by atoms with van der Waals surface area (Å²) in [5.41, 5.74) is 2.42. The lowest BCUT2D eigenvalue weighted by molar-refractivity contribution is 0.831. The normalized spacial score (nSPS) is 12.1. The van der Waals surface area contributed by atoms with Crippen LogP contribution in [0.3, 0.4) is 0 Å². The third-order valence-corrected chi connectivity index (χ3v) is 3.69. The van der Waals surface area contributed by atoms with Crippen LogP contribution >= 0.6 is 23.2 Å². The number of benzene rings is 2. The zero-order valence-electron chi connectivity index (χ0n) is 9.94. The molecule has 0 saturated heterocycles. The Morgan fingerprint density at radius 3 is 2.28 bits per heavy atom. The van der Waals surface area contributed by atoms with E-state index in [1.807, 2.05) is 42.5 Å². The van der Waals surface area contributed by atoms with Crippen molar-refractivity contribution in [2.75, 3.05) is 0 Å². The fourth-order valence-corrected chi connectivity index (χ4v) is 2.35. The first-order chi connectivity index (χ1) is 8.72. The molecule has 18 heavy (non-hydrogen) atoms. The summed E-state index contributed by atoms with van der Waals surface area (Å²) in [5.74, 6) is 0.276. The second kappa shape index (κ2) is 6.08. The molecule has 0 bridgehead atoms. The van der Waals surface area contributed by atoms with Crippen molar-refractivity contribution in [2.24, 2.45) is 0 Å².